The molecule has 0 amide bonds. The van der Waals surface area contributed by atoms with Crippen LogP contribution in [0.3, 0.4) is 0 Å². The molecule has 0 spiro atoms. The first-order valence-electron chi connectivity index (χ1n) is 7.24. The maximum atomic E-state index is 13.8. The Balaban J connectivity index is 2.08. The molecule has 2 N–H and O–H groups in total. The molecule has 122 valence electrons. The average molecular weight is 315 g/mol. The largest absolute Gasteiger partial charge is 0.434 e. The molecule has 0 aliphatic carbocycles. The summed E-state index contributed by atoms with van der Waals surface area (Å²) >= 11 is 0. The first-order chi connectivity index (χ1) is 10.5. The van der Waals surface area contributed by atoms with Crippen LogP contribution < -0.4 is 10.5 Å². The van der Waals surface area contributed by atoms with Gasteiger partial charge in [0.2, 0.25) is 0 Å². The van der Waals surface area contributed by atoms with Crippen molar-refractivity contribution in [2.75, 3.05) is 13.1 Å². The van der Waals surface area contributed by atoms with Gasteiger partial charge < -0.3 is 15.4 Å². The summed E-state index contributed by atoms with van der Waals surface area (Å²) in [5.41, 5.74) is 5.89. The van der Waals surface area contributed by atoms with Crippen LogP contribution in [0.2, 0.25) is 0 Å². The zero-order valence-corrected chi connectivity index (χ0v) is 12.4. The van der Waals surface area contributed by atoms with Crippen molar-refractivity contribution in [3.05, 3.63) is 29.6 Å². The molecule has 1 saturated heterocycles. The fourth-order valence-corrected chi connectivity index (χ4v) is 2.40. The Morgan fingerprint density at radius 3 is 2.73 bits per heavy atom. The highest BCUT2D eigenvalue weighted by Gasteiger charge is 2.18. The first kappa shape index (κ1) is 16.5. The lowest BCUT2D eigenvalue weighted by Gasteiger charge is -2.31. The van der Waals surface area contributed by atoms with Crippen LogP contribution >= 0.6 is 0 Å². The van der Waals surface area contributed by atoms with Crippen LogP contribution in [0, 0.1) is 11.7 Å². The van der Waals surface area contributed by atoms with Gasteiger partial charge in [-0.3, -0.25) is 0 Å². The van der Waals surface area contributed by atoms with Crippen LogP contribution in [0.15, 0.2) is 23.2 Å². The molecular weight excluding hydrogens is 295 g/mol. The SMILES string of the molecule is CC1CCN(C(N)=NCc2c(F)cccc2OC(F)F)CC1. The number of ether oxygens (including phenoxy) is 1. The maximum absolute atomic E-state index is 13.8. The fourth-order valence-electron chi connectivity index (χ4n) is 2.40. The number of benzene rings is 1. The van der Waals surface area contributed by atoms with Crippen molar-refractivity contribution in [1.82, 2.24) is 4.90 Å². The highest BCUT2D eigenvalue weighted by Crippen LogP contribution is 2.24. The summed E-state index contributed by atoms with van der Waals surface area (Å²) in [6.45, 7) is 0.637. The zero-order valence-electron chi connectivity index (χ0n) is 12.4. The number of alkyl halides is 2. The minimum absolute atomic E-state index is 0.0175. The summed E-state index contributed by atoms with van der Waals surface area (Å²) in [6.07, 6.45) is 2.05. The first-order valence-corrected chi connectivity index (χ1v) is 7.24. The number of guanidine groups is 1. The van der Waals surface area contributed by atoms with Crippen molar-refractivity contribution in [2.24, 2.45) is 16.6 Å². The molecule has 1 fully saturated rings. The number of hydrogen-bond donors (Lipinski definition) is 1. The van der Waals surface area contributed by atoms with Gasteiger partial charge in [-0.15, -0.1) is 0 Å². The molecule has 1 heterocycles. The molecule has 0 radical (unpaired) electrons. The number of aliphatic imine (C=N–C) groups is 1. The average Bonchev–Trinajstić information content (AvgIpc) is 2.46. The van der Waals surface area contributed by atoms with Gasteiger partial charge in [0.15, 0.2) is 5.96 Å². The van der Waals surface area contributed by atoms with Gasteiger partial charge >= 0.3 is 6.61 Å². The summed E-state index contributed by atoms with van der Waals surface area (Å²) in [5, 5.41) is 0. The highest BCUT2D eigenvalue weighted by molar-refractivity contribution is 5.78. The van der Waals surface area contributed by atoms with Gasteiger partial charge in [-0.25, -0.2) is 9.38 Å². The van der Waals surface area contributed by atoms with Crippen molar-refractivity contribution >= 4 is 5.96 Å². The molecule has 0 unspecified atom stereocenters. The number of rotatable bonds is 4. The summed E-state index contributed by atoms with van der Waals surface area (Å²) in [6, 6.07) is 3.79. The van der Waals surface area contributed by atoms with E-state index in [-0.39, 0.29) is 17.9 Å². The Kier molecular flexibility index (Phi) is 5.51. The van der Waals surface area contributed by atoms with Crippen LogP contribution in [0.25, 0.3) is 0 Å². The monoisotopic (exact) mass is 315 g/mol. The molecule has 2 rings (SSSR count). The minimum Gasteiger partial charge on any atom is -0.434 e. The Bertz CT molecular complexity index is 529. The maximum Gasteiger partial charge on any atom is 0.387 e. The van der Waals surface area contributed by atoms with Crippen molar-refractivity contribution in [2.45, 2.75) is 32.9 Å². The van der Waals surface area contributed by atoms with Gasteiger partial charge in [0.25, 0.3) is 0 Å². The second kappa shape index (κ2) is 7.38. The smallest absolute Gasteiger partial charge is 0.387 e. The quantitative estimate of drug-likeness (QED) is 0.686. The van der Waals surface area contributed by atoms with Gasteiger partial charge in [-0.1, -0.05) is 13.0 Å². The molecule has 1 aliphatic heterocycles. The van der Waals surface area contributed by atoms with E-state index in [0.29, 0.717) is 11.9 Å². The Morgan fingerprint density at radius 1 is 1.41 bits per heavy atom. The number of halogens is 3. The molecule has 0 saturated carbocycles. The van der Waals surface area contributed by atoms with Gasteiger partial charge in [0, 0.05) is 13.1 Å². The Labute approximate surface area is 127 Å². The number of nitrogens with zero attached hydrogens (tertiary/aromatic N) is 2. The standard InChI is InChI=1S/C15H20F3N3O/c1-10-5-7-21(8-6-10)15(19)20-9-11-12(16)3-2-4-13(11)22-14(17)18/h2-4,10,14H,5-9H2,1H3,(H2,19,20). The van der Waals surface area contributed by atoms with Crippen molar-refractivity contribution in [1.29, 1.82) is 0 Å². The van der Waals surface area contributed by atoms with E-state index in [0.717, 1.165) is 25.9 Å². The topological polar surface area (TPSA) is 50.8 Å². The van der Waals surface area contributed by atoms with E-state index in [2.05, 4.69) is 16.7 Å². The van der Waals surface area contributed by atoms with E-state index in [9.17, 15) is 13.2 Å². The summed E-state index contributed by atoms with van der Waals surface area (Å²) in [4.78, 5) is 6.05. The van der Waals surface area contributed by atoms with E-state index in [1.54, 1.807) is 0 Å². The van der Waals surface area contributed by atoms with Gasteiger partial charge in [-0.05, 0) is 30.9 Å². The zero-order chi connectivity index (χ0) is 16.1. The van der Waals surface area contributed by atoms with E-state index in [1.165, 1.54) is 18.2 Å². The van der Waals surface area contributed by atoms with Crippen molar-refractivity contribution < 1.29 is 17.9 Å². The van der Waals surface area contributed by atoms with Crippen LogP contribution in [0.5, 0.6) is 5.75 Å². The second-order valence-electron chi connectivity index (χ2n) is 5.44. The number of nitrogens with two attached hydrogens (primary N) is 1. The third kappa shape index (κ3) is 4.29. The van der Waals surface area contributed by atoms with Crippen LogP contribution in [0.4, 0.5) is 13.2 Å². The lowest BCUT2D eigenvalue weighted by molar-refractivity contribution is -0.0506. The Hall–Kier alpha value is -1.92. The van der Waals surface area contributed by atoms with E-state index in [4.69, 9.17) is 5.73 Å². The van der Waals surface area contributed by atoms with Gasteiger partial charge in [0.05, 0.1) is 12.1 Å². The molecule has 22 heavy (non-hydrogen) atoms. The number of hydrogen-bond acceptors (Lipinski definition) is 2. The van der Waals surface area contributed by atoms with Crippen LogP contribution in [-0.4, -0.2) is 30.6 Å². The molecule has 0 aromatic heterocycles. The molecule has 1 aromatic rings. The molecular formula is C15H20F3N3O. The lowest BCUT2D eigenvalue weighted by atomic mass is 10.00. The molecule has 1 aliphatic rings. The lowest BCUT2D eigenvalue weighted by Crippen LogP contribution is -2.42. The fraction of sp³-hybridized carbons (Fsp3) is 0.533. The van der Waals surface area contributed by atoms with Crippen molar-refractivity contribution in [3.8, 4) is 5.75 Å². The third-order valence-corrected chi connectivity index (χ3v) is 3.80. The van der Waals surface area contributed by atoms with Crippen molar-refractivity contribution in [3.63, 3.8) is 0 Å². The molecule has 0 bridgehead atoms. The molecule has 4 nitrogen and oxygen atoms in total. The predicted octanol–water partition coefficient (Wildman–Crippen LogP) is 2.97. The third-order valence-electron chi connectivity index (χ3n) is 3.80. The number of piperidine rings is 1. The summed E-state index contributed by atoms with van der Waals surface area (Å²) in [7, 11) is 0. The summed E-state index contributed by atoms with van der Waals surface area (Å²) in [5.74, 6) is 0.112. The van der Waals surface area contributed by atoms with Gasteiger partial charge in [-0.2, -0.15) is 8.78 Å². The molecule has 7 heteroatoms. The van der Waals surface area contributed by atoms with Crippen LogP contribution in [0.1, 0.15) is 25.3 Å². The molecule has 0 atom stereocenters. The van der Waals surface area contributed by atoms with Crippen LogP contribution in [-0.2, 0) is 6.54 Å². The number of likely N-dealkylation sites (tertiary alicyclic amines) is 1. The minimum atomic E-state index is -3.01. The molecule has 1 aromatic carbocycles. The second-order valence-corrected chi connectivity index (χ2v) is 5.44. The van der Waals surface area contributed by atoms with Gasteiger partial charge in [0.1, 0.15) is 11.6 Å². The van der Waals surface area contributed by atoms with E-state index >= 15 is 0 Å². The van der Waals surface area contributed by atoms with E-state index in [1.807, 2.05) is 4.90 Å². The Morgan fingerprint density at radius 2 is 2.09 bits per heavy atom. The summed E-state index contributed by atoms with van der Waals surface area (Å²) < 4.78 is 42.8. The van der Waals surface area contributed by atoms with E-state index < -0.39 is 12.4 Å². The predicted molar refractivity (Wildman–Crippen MR) is 78.3 cm³/mol. The normalized spacial score (nSPS) is 17.1. The highest BCUT2D eigenvalue weighted by atomic mass is 19.3.